The first kappa shape index (κ1) is 22.8. The number of benzene rings is 3. The zero-order chi connectivity index (χ0) is 23.2. The summed E-state index contributed by atoms with van der Waals surface area (Å²) in [4.78, 5) is 13.5. The molecule has 0 saturated heterocycles. The number of aromatic nitrogens is 3. The van der Waals surface area contributed by atoms with Crippen LogP contribution in [-0.2, 0) is 17.8 Å². The molecule has 6 heteroatoms. The standard InChI is InChI=1S/C27H28N4OS/c1-4-31-24(18-21-11-7-5-8-12-21)29-30-27(31)33-25(22-13-9-6-10-14-22)26(32)28-23-17-19(2)15-16-20(23)3/h5-17,25H,4,18H2,1-3H3,(H,28,32). The van der Waals surface area contributed by atoms with E-state index in [1.807, 2.05) is 80.6 Å². The Labute approximate surface area is 199 Å². The first-order chi connectivity index (χ1) is 16.0. The first-order valence-electron chi connectivity index (χ1n) is 11.1. The Kier molecular flexibility index (Phi) is 7.25. The van der Waals surface area contributed by atoms with Crippen LogP contribution in [0.15, 0.2) is 84.0 Å². The molecule has 0 radical (unpaired) electrons. The van der Waals surface area contributed by atoms with Crippen molar-refractivity contribution < 1.29 is 4.79 Å². The SMILES string of the molecule is CCn1c(Cc2ccccc2)nnc1SC(C(=O)Nc1cc(C)ccc1C)c1ccccc1. The van der Waals surface area contributed by atoms with Gasteiger partial charge in [-0.25, -0.2) is 0 Å². The van der Waals surface area contributed by atoms with E-state index in [4.69, 9.17) is 0 Å². The number of hydrogen-bond acceptors (Lipinski definition) is 4. The molecule has 0 saturated carbocycles. The van der Waals surface area contributed by atoms with Crippen molar-refractivity contribution in [3.63, 3.8) is 0 Å². The van der Waals surface area contributed by atoms with E-state index < -0.39 is 5.25 Å². The molecule has 1 heterocycles. The smallest absolute Gasteiger partial charge is 0.242 e. The quantitative estimate of drug-likeness (QED) is 0.332. The molecule has 1 amide bonds. The molecular formula is C27H28N4OS. The van der Waals surface area contributed by atoms with Crippen LogP contribution in [0.25, 0.3) is 0 Å². The van der Waals surface area contributed by atoms with Crippen LogP contribution in [0.1, 0.15) is 40.3 Å². The third-order valence-electron chi connectivity index (χ3n) is 5.53. The van der Waals surface area contributed by atoms with E-state index >= 15 is 0 Å². The summed E-state index contributed by atoms with van der Waals surface area (Å²) in [5.74, 6) is 0.822. The van der Waals surface area contributed by atoms with Gasteiger partial charge in [0, 0.05) is 18.7 Å². The third kappa shape index (κ3) is 5.52. The fourth-order valence-corrected chi connectivity index (χ4v) is 4.83. The summed E-state index contributed by atoms with van der Waals surface area (Å²) in [7, 11) is 0. The summed E-state index contributed by atoms with van der Waals surface area (Å²) in [6.07, 6.45) is 0.701. The van der Waals surface area contributed by atoms with Gasteiger partial charge in [0.15, 0.2) is 5.16 Å². The number of anilines is 1. The Morgan fingerprint density at radius 2 is 1.67 bits per heavy atom. The minimum absolute atomic E-state index is 0.0739. The predicted molar refractivity (Wildman–Crippen MR) is 135 cm³/mol. The van der Waals surface area contributed by atoms with Crippen LogP contribution in [0, 0.1) is 13.8 Å². The molecule has 0 bridgehead atoms. The zero-order valence-corrected chi connectivity index (χ0v) is 20.0. The van der Waals surface area contributed by atoms with Crippen LogP contribution < -0.4 is 5.32 Å². The lowest BCUT2D eigenvalue weighted by atomic mass is 10.1. The lowest BCUT2D eigenvalue weighted by molar-refractivity contribution is -0.115. The molecule has 0 spiro atoms. The second kappa shape index (κ2) is 10.5. The number of aryl methyl sites for hydroxylation is 2. The summed E-state index contributed by atoms with van der Waals surface area (Å²) in [5, 5.41) is 12.4. The summed E-state index contributed by atoms with van der Waals surface area (Å²) in [6.45, 7) is 6.84. The lowest BCUT2D eigenvalue weighted by Crippen LogP contribution is -2.20. The Balaban J connectivity index is 1.62. The van der Waals surface area contributed by atoms with Crippen LogP contribution >= 0.6 is 11.8 Å². The highest BCUT2D eigenvalue weighted by atomic mass is 32.2. The molecule has 1 N–H and O–H groups in total. The average molecular weight is 457 g/mol. The van der Waals surface area contributed by atoms with Crippen molar-refractivity contribution in [3.8, 4) is 0 Å². The number of nitrogens with one attached hydrogen (secondary N) is 1. The summed E-state index contributed by atoms with van der Waals surface area (Å²) in [5.41, 5.74) is 5.09. The molecule has 0 aliphatic heterocycles. The Bertz CT molecular complexity index is 1220. The summed E-state index contributed by atoms with van der Waals surface area (Å²) >= 11 is 1.44. The Morgan fingerprint density at radius 3 is 2.36 bits per heavy atom. The molecule has 3 aromatic carbocycles. The van der Waals surface area contributed by atoms with E-state index in [0.29, 0.717) is 6.42 Å². The van der Waals surface area contributed by atoms with Gasteiger partial charge < -0.3 is 9.88 Å². The molecule has 5 nitrogen and oxygen atoms in total. The largest absolute Gasteiger partial charge is 0.325 e. The highest BCUT2D eigenvalue weighted by Gasteiger charge is 2.26. The van der Waals surface area contributed by atoms with Crippen molar-refractivity contribution in [2.45, 2.75) is 44.1 Å². The van der Waals surface area contributed by atoms with E-state index in [-0.39, 0.29) is 5.91 Å². The van der Waals surface area contributed by atoms with Gasteiger partial charge in [-0.15, -0.1) is 10.2 Å². The molecule has 0 aliphatic rings. The maximum absolute atomic E-state index is 13.5. The van der Waals surface area contributed by atoms with Crippen molar-refractivity contribution in [3.05, 3.63) is 107 Å². The second-order valence-electron chi connectivity index (χ2n) is 8.02. The molecule has 168 valence electrons. The molecule has 4 aromatic rings. The molecule has 0 aliphatic carbocycles. The Morgan fingerprint density at radius 1 is 0.970 bits per heavy atom. The number of amides is 1. The van der Waals surface area contributed by atoms with Gasteiger partial charge in [0.25, 0.3) is 0 Å². The van der Waals surface area contributed by atoms with Gasteiger partial charge in [0.1, 0.15) is 11.1 Å². The van der Waals surface area contributed by atoms with Gasteiger partial charge in [-0.3, -0.25) is 4.79 Å². The number of thioether (sulfide) groups is 1. The van der Waals surface area contributed by atoms with Gasteiger partial charge >= 0.3 is 0 Å². The highest BCUT2D eigenvalue weighted by molar-refractivity contribution is 8.00. The van der Waals surface area contributed by atoms with Crippen molar-refractivity contribution in [1.82, 2.24) is 14.8 Å². The van der Waals surface area contributed by atoms with Crippen LogP contribution in [0.5, 0.6) is 0 Å². The van der Waals surface area contributed by atoms with Crippen LogP contribution in [-0.4, -0.2) is 20.7 Å². The average Bonchev–Trinajstić information content (AvgIpc) is 3.22. The number of carbonyl (C=O) groups excluding carboxylic acids is 1. The number of nitrogens with zero attached hydrogens (tertiary/aromatic N) is 3. The minimum Gasteiger partial charge on any atom is -0.325 e. The highest BCUT2D eigenvalue weighted by Crippen LogP contribution is 2.36. The fraction of sp³-hybridized carbons (Fsp3) is 0.222. The van der Waals surface area contributed by atoms with Crippen molar-refractivity contribution >= 4 is 23.4 Å². The second-order valence-corrected chi connectivity index (χ2v) is 9.09. The Hall–Kier alpha value is -3.38. The number of rotatable bonds is 8. The van der Waals surface area contributed by atoms with E-state index in [1.165, 1.54) is 17.3 Å². The number of hydrogen-bond donors (Lipinski definition) is 1. The molecule has 1 atom stereocenters. The predicted octanol–water partition coefficient (Wildman–Crippen LogP) is 5.98. The summed E-state index contributed by atoms with van der Waals surface area (Å²) < 4.78 is 2.10. The fourth-order valence-electron chi connectivity index (χ4n) is 3.71. The van der Waals surface area contributed by atoms with Gasteiger partial charge in [-0.1, -0.05) is 84.6 Å². The van der Waals surface area contributed by atoms with Crippen molar-refractivity contribution in [2.75, 3.05) is 5.32 Å². The molecule has 1 aromatic heterocycles. The van der Waals surface area contributed by atoms with Gasteiger partial charge in [-0.05, 0) is 49.1 Å². The molecule has 0 fully saturated rings. The molecule has 33 heavy (non-hydrogen) atoms. The van der Waals surface area contributed by atoms with Crippen LogP contribution in [0.4, 0.5) is 5.69 Å². The maximum Gasteiger partial charge on any atom is 0.242 e. The van der Waals surface area contributed by atoms with Gasteiger partial charge in [-0.2, -0.15) is 0 Å². The van der Waals surface area contributed by atoms with E-state index in [9.17, 15) is 4.79 Å². The van der Waals surface area contributed by atoms with Crippen molar-refractivity contribution in [1.29, 1.82) is 0 Å². The van der Waals surface area contributed by atoms with E-state index in [2.05, 4.69) is 39.1 Å². The maximum atomic E-state index is 13.5. The first-order valence-corrected chi connectivity index (χ1v) is 12.0. The third-order valence-corrected chi connectivity index (χ3v) is 6.76. The molecule has 1 unspecified atom stereocenters. The van der Waals surface area contributed by atoms with Crippen molar-refractivity contribution in [2.24, 2.45) is 0 Å². The minimum atomic E-state index is -0.454. The topological polar surface area (TPSA) is 59.8 Å². The lowest BCUT2D eigenvalue weighted by Gasteiger charge is -2.18. The summed E-state index contributed by atoms with van der Waals surface area (Å²) in [6, 6.07) is 26.2. The van der Waals surface area contributed by atoms with E-state index in [1.54, 1.807) is 0 Å². The van der Waals surface area contributed by atoms with Crippen LogP contribution in [0.2, 0.25) is 0 Å². The number of carbonyl (C=O) groups is 1. The van der Waals surface area contributed by atoms with Gasteiger partial charge in [0.2, 0.25) is 5.91 Å². The zero-order valence-electron chi connectivity index (χ0n) is 19.2. The monoisotopic (exact) mass is 456 g/mol. The molecular weight excluding hydrogens is 428 g/mol. The van der Waals surface area contributed by atoms with E-state index in [0.717, 1.165) is 39.9 Å². The van der Waals surface area contributed by atoms with Gasteiger partial charge in [0.05, 0.1) is 0 Å². The van der Waals surface area contributed by atoms with Crippen LogP contribution in [0.3, 0.4) is 0 Å². The molecule has 4 rings (SSSR count). The normalized spacial score (nSPS) is 11.8.